The summed E-state index contributed by atoms with van der Waals surface area (Å²) in [6.45, 7) is 0. The van der Waals surface area contributed by atoms with Gasteiger partial charge in [-0.3, -0.25) is 0 Å². The van der Waals surface area contributed by atoms with Gasteiger partial charge in [-0.2, -0.15) is 0 Å². The SMILES string of the molecule is Brc1ccc2sc3cc(N(c4ccccc4)c4ccc(-c5cccc6ccccc56)cc4)ccc3c2c1. The van der Waals surface area contributed by atoms with Crippen molar-refractivity contribution in [3.63, 3.8) is 0 Å². The fourth-order valence-corrected chi connectivity index (χ4v) is 6.65. The lowest BCUT2D eigenvalue weighted by Crippen LogP contribution is -2.09. The Morgan fingerprint density at radius 1 is 0.486 bits per heavy atom. The van der Waals surface area contributed by atoms with Crippen LogP contribution in [0.25, 0.3) is 42.1 Å². The molecule has 0 atom stereocenters. The fourth-order valence-electron chi connectivity index (χ4n) is 5.17. The van der Waals surface area contributed by atoms with E-state index in [2.05, 4.69) is 154 Å². The van der Waals surface area contributed by atoms with Crippen molar-refractivity contribution in [1.29, 1.82) is 0 Å². The highest BCUT2D eigenvalue weighted by Crippen LogP contribution is 2.41. The number of nitrogens with zero attached hydrogens (tertiary/aromatic N) is 1. The van der Waals surface area contributed by atoms with Crippen LogP contribution in [0, 0.1) is 0 Å². The molecule has 0 aliphatic heterocycles. The highest BCUT2D eigenvalue weighted by molar-refractivity contribution is 9.10. The number of fused-ring (bicyclic) bond motifs is 4. The molecule has 0 aliphatic carbocycles. The van der Waals surface area contributed by atoms with E-state index in [0.717, 1.165) is 21.5 Å². The van der Waals surface area contributed by atoms with Crippen LogP contribution in [0.3, 0.4) is 0 Å². The van der Waals surface area contributed by atoms with Crippen molar-refractivity contribution >= 4 is 75.3 Å². The average molecular weight is 557 g/mol. The number of hydrogen-bond acceptors (Lipinski definition) is 2. The molecule has 0 amide bonds. The first-order chi connectivity index (χ1) is 18.2. The van der Waals surface area contributed by atoms with Gasteiger partial charge in [0.25, 0.3) is 0 Å². The molecule has 0 aliphatic rings. The summed E-state index contributed by atoms with van der Waals surface area (Å²) in [6, 6.07) is 48.0. The Balaban J connectivity index is 1.35. The van der Waals surface area contributed by atoms with Gasteiger partial charge in [-0.05, 0) is 76.5 Å². The number of halogens is 1. The summed E-state index contributed by atoms with van der Waals surface area (Å²) in [5.41, 5.74) is 5.91. The van der Waals surface area contributed by atoms with Crippen LogP contribution < -0.4 is 4.90 Å². The molecule has 0 radical (unpaired) electrons. The Morgan fingerprint density at radius 3 is 2.08 bits per heavy atom. The maximum Gasteiger partial charge on any atom is 0.0476 e. The van der Waals surface area contributed by atoms with Crippen molar-refractivity contribution in [3.05, 3.63) is 138 Å². The van der Waals surface area contributed by atoms with Gasteiger partial charge in [0.05, 0.1) is 0 Å². The molecule has 7 rings (SSSR count). The van der Waals surface area contributed by atoms with E-state index in [1.54, 1.807) is 0 Å². The highest BCUT2D eigenvalue weighted by Gasteiger charge is 2.15. The van der Waals surface area contributed by atoms with Gasteiger partial charge in [0.2, 0.25) is 0 Å². The van der Waals surface area contributed by atoms with Gasteiger partial charge < -0.3 is 4.90 Å². The van der Waals surface area contributed by atoms with E-state index in [-0.39, 0.29) is 0 Å². The monoisotopic (exact) mass is 555 g/mol. The first-order valence-corrected chi connectivity index (χ1v) is 13.9. The fraction of sp³-hybridized carbons (Fsp3) is 0. The van der Waals surface area contributed by atoms with Crippen molar-refractivity contribution in [2.24, 2.45) is 0 Å². The number of benzene rings is 6. The zero-order valence-corrected chi connectivity index (χ0v) is 22.3. The summed E-state index contributed by atoms with van der Waals surface area (Å²) in [7, 11) is 0. The van der Waals surface area contributed by atoms with Gasteiger partial charge in [-0.15, -0.1) is 11.3 Å². The zero-order chi connectivity index (χ0) is 24.8. The number of para-hydroxylation sites is 1. The second-order valence-corrected chi connectivity index (χ2v) is 11.2. The molecule has 176 valence electrons. The number of hydrogen-bond donors (Lipinski definition) is 0. The largest absolute Gasteiger partial charge is 0.310 e. The van der Waals surface area contributed by atoms with E-state index >= 15 is 0 Å². The lowest BCUT2D eigenvalue weighted by atomic mass is 9.98. The molecule has 0 saturated carbocycles. The van der Waals surface area contributed by atoms with Gasteiger partial charge in [0, 0.05) is 41.7 Å². The first-order valence-electron chi connectivity index (χ1n) is 12.3. The highest BCUT2D eigenvalue weighted by atomic mass is 79.9. The first kappa shape index (κ1) is 22.3. The quantitative estimate of drug-likeness (QED) is 0.208. The number of thiophene rings is 1. The lowest BCUT2D eigenvalue weighted by Gasteiger charge is -2.25. The third-order valence-corrected chi connectivity index (χ3v) is 8.54. The molecule has 0 N–H and O–H groups in total. The van der Waals surface area contributed by atoms with Crippen LogP contribution in [0.5, 0.6) is 0 Å². The topological polar surface area (TPSA) is 3.24 Å². The van der Waals surface area contributed by atoms with Gasteiger partial charge in [-0.1, -0.05) is 94.8 Å². The second-order valence-electron chi connectivity index (χ2n) is 9.17. The third kappa shape index (κ3) is 4.01. The van der Waals surface area contributed by atoms with E-state index in [9.17, 15) is 0 Å². The van der Waals surface area contributed by atoms with Crippen molar-refractivity contribution < 1.29 is 0 Å². The Kier molecular flexibility index (Phi) is 5.53. The summed E-state index contributed by atoms with van der Waals surface area (Å²) in [4.78, 5) is 2.34. The van der Waals surface area contributed by atoms with Gasteiger partial charge in [0.1, 0.15) is 0 Å². The van der Waals surface area contributed by atoms with Crippen LogP contribution in [-0.2, 0) is 0 Å². The molecule has 0 saturated heterocycles. The van der Waals surface area contributed by atoms with E-state index < -0.39 is 0 Å². The molecule has 0 bridgehead atoms. The van der Waals surface area contributed by atoms with Crippen molar-refractivity contribution in [1.82, 2.24) is 0 Å². The smallest absolute Gasteiger partial charge is 0.0476 e. The normalized spacial score (nSPS) is 11.4. The molecule has 3 heteroatoms. The van der Waals surface area contributed by atoms with Crippen LogP contribution in [0.4, 0.5) is 17.1 Å². The molecule has 0 spiro atoms. The van der Waals surface area contributed by atoms with E-state index in [1.165, 1.54) is 42.1 Å². The molecule has 0 fully saturated rings. The number of rotatable bonds is 4. The van der Waals surface area contributed by atoms with E-state index in [1.807, 2.05) is 11.3 Å². The van der Waals surface area contributed by atoms with Gasteiger partial charge in [-0.25, -0.2) is 0 Å². The molecule has 1 heterocycles. The van der Waals surface area contributed by atoms with Crippen LogP contribution in [-0.4, -0.2) is 0 Å². The standard InChI is InChI=1S/C34H22BrNS/c35-25-15-20-33-32(21-25)31-19-18-28(22-34(31)37-33)36(26-9-2-1-3-10-26)27-16-13-24(14-17-27)30-12-6-8-23-7-4-5-11-29(23)30/h1-22H. The van der Waals surface area contributed by atoms with Crippen molar-refractivity contribution in [3.8, 4) is 11.1 Å². The molecule has 37 heavy (non-hydrogen) atoms. The molecule has 1 nitrogen and oxygen atoms in total. The Morgan fingerprint density at radius 2 is 1.22 bits per heavy atom. The Hall–Kier alpha value is -3.92. The lowest BCUT2D eigenvalue weighted by molar-refractivity contribution is 1.29. The van der Waals surface area contributed by atoms with Crippen LogP contribution in [0.2, 0.25) is 0 Å². The summed E-state index contributed by atoms with van der Waals surface area (Å²) in [5, 5.41) is 5.13. The Labute approximate surface area is 228 Å². The van der Waals surface area contributed by atoms with Crippen molar-refractivity contribution in [2.75, 3.05) is 4.90 Å². The second kappa shape index (κ2) is 9.19. The van der Waals surface area contributed by atoms with Crippen LogP contribution in [0.15, 0.2) is 138 Å². The molecular weight excluding hydrogens is 534 g/mol. The minimum atomic E-state index is 1.11. The average Bonchev–Trinajstić information content (AvgIpc) is 3.31. The maximum absolute atomic E-state index is 3.63. The van der Waals surface area contributed by atoms with E-state index in [4.69, 9.17) is 0 Å². The maximum atomic E-state index is 3.63. The molecule has 0 unspecified atom stereocenters. The summed E-state index contributed by atoms with van der Waals surface area (Å²) in [5.74, 6) is 0. The predicted molar refractivity (Wildman–Crippen MR) is 165 cm³/mol. The predicted octanol–water partition coefficient (Wildman–Crippen LogP) is 11.1. The minimum absolute atomic E-state index is 1.11. The summed E-state index contributed by atoms with van der Waals surface area (Å²) in [6.07, 6.45) is 0. The van der Waals surface area contributed by atoms with Crippen LogP contribution >= 0.6 is 27.3 Å². The van der Waals surface area contributed by atoms with Crippen LogP contribution in [0.1, 0.15) is 0 Å². The minimum Gasteiger partial charge on any atom is -0.310 e. The van der Waals surface area contributed by atoms with Gasteiger partial charge in [0.15, 0.2) is 0 Å². The summed E-state index contributed by atoms with van der Waals surface area (Å²) < 4.78 is 3.71. The molecule has 7 aromatic rings. The third-order valence-electron chi connectivity index (χ3n) is 6.92. The summed E-state index contributed by atoms with van der Waals surface area (Å²) >= 11 is 5.48. The molecule has 1 aromatic heterocycles. The van der Waals surface area contributed by atoms with Crippen molar-refractivity contribution in [2.45, 2.75) is 0 Å². The molecular formula is C34H22BrNS. The van der Waals surface area contributed by atoms with Gasteiger partial charge >= 0.3 is 0 Å². The Bertz CT molecular complexity index is 1880. The van der Waals surface area contributed by atoms with E-state index in [0.29, 0.717) is 0 Å². The zero-order valence-electron chi connectivity index (χ0n) is 19.9. The number of anilines is 3. The molecule has 6 aromatic carbocycles.